The SMILES string of the molecule is CCOC(=O)C1(C(=O)OCC)Oc2ccc(CN3CCC(CCC(=O)c4ccc5c(c4)CN(Cc4ccc(F)cc4)CCO5)CC3)cc2O1. The molecule has 49 heavy (non-hydrogen) atoms. The predicted octanol–water partition coefficient (Wildman–Crippen LogP) is 5.69. The first-order valence-electron chi connectivity index (χ1n) is 17.1. The van der Waals surface area contributed by atoms with Crippen molar-refractivity contribution in [1.29, 1.82) is 0 Å². The van der Waals surface area contributed by atoms with Crippen LogP contribution < -0.4 is 14.2 Å². The summed E-state index contributed by atoms with van der Waals surface area (Å²) in [4.78, 5) is 43.3. The number of piperidine rings is 1. The van der Waals surface area contributed by atoms with Crippen LogP contribution in [-0.2, 0) is 38.7 Å². The van der Waals surface area contributed by atoms with E-state index in [1.807, 2.05) is 24.3 Å². The zero-order chi connectivity index (χ0) is 34.4. The smallest absolute Gasteiger partial charge is 0.453 e. The topological polar surface area (TPSA) is 104 Å². The van der Waals surface area contributed by atoms with Gasteiger partial charge < -0.3 is 23.7 Å². The van der Waals surface area contributed by atoms with Gasteiger partial charge in [0.25, 0.3) is 0 Å². The van der Waals surface area contributed by atoms with Crippen molar-refractivity contribution in [3.8, 4) is 17.2 Å². The van der Waals surface area contributed by atoms with Gasteiger partial charge in [0, 0.05) is 43.7 Å². The van der Waals surface area contributed by atoms with Gasteiger partial charge in [-0.3, -0.25) is 14.6 Å². The minimum Gasteiger partial charge on any atom is -0.492 e. The number of Topliss-reactive ketones (excluding diaryl/α,β-unsaturated/α-hetero) is 1. The van der Waals surface area contributed by atoms with E-state index in [0.29, 0.717) is 44.1 Å². The van der Waals surface area contributed by atoms with E-state index in [4.69, 9.17) is 23.7 Å². The molecule has 3 aliphatic rings. The van der Waals surface area contributed by atoms with Crippen molar-refractivity contribution >= 4 is 17.7 Å². The van der Waals surface area contributed by atoms with E-state index < -0.39 is 17.7 Å². The summed E-state index contributed by atoms with van der Waals surface area (Å²) in [6.07, 6.45) is 3.31. The molecule has 0 amide bonds. The molecule has 1 fully saturated rings. The Morgan fingerprint density at radius 1 is 0.796 bits per heavy atom. The van der Waals surface area contributed by atoms with E-state index in [-0.39, 0.29) is 36.3 Å². The maximum absolute atomic E-state index is 13.4. The minimum absolute atomic E-state index is 0.0574. The molecule has 11 heteroatoms. The third kappa shape index (κ3) is 8.05. The van der Waals surface area contributed by atoms with Crippen LogP contribution in [0.4, 0.5) is 4.39 Å². The van der Waals surface area contributed by atoms with Gasteiger partial charge in [-0.05, 0) is 106 Å². The predicted molar refractivity (Wildman–Crippen MR) is 178 cm³/mol. The Hall–Kier alpha value is -4.48. The number of ketones is 1. The lowest BCUT2D eigenvalue weighted by atomic mass is 9.90. The highest BCUT2D eigenvalue weighted by molar-refractivity contribution is 6.03. The Kier molecular flexibility index (Phi) is 10.8. The Bertz CT molecular complexity index is 1640. The Morgan fingerprint density at radius 2 is 1.45 bits per heavy atom. The Morgan fingerprint density at radius 3 is 2.16 bits per heavy atom. The highest BCUT2D eigenvalue weighted by Gasteiger charge is 2.59. The first kappa shape index (κ1) is 34.4. The van der Waals surface area contributed by atoms with Gasteiger partial charge in [0.1, 0.15) is 18.2 Å². The highest BCUT2D eigenvalue weighted by Crippen LogP contribution is 2.41. The second-order valence-electron chi connectivity index (χ2n) is 12.7. The maximum Gasteiger partial charge on any atom is 0.453 e. The fourth-order valence-corrected chi connectivity index (χ4v) is 6.62. The number of hydrogen-bond acceptors (Lipinski definition) is 10. The molecule has 1 saturated heterocycles. The Labute approximate surface area is 286 Å². The number of nitrogens with zero attached hydrogens (tertiary/aromatic N) is 2. The summed E-state index contributed by atoms with van der Waals surface area (Å²) in [7, 11) is 0. The number of esters is 2. The van der Waals surface area contributed by atoms with Gasteiger partial charge in [-0.2, -0.15) is 0 Å². The lowest BCUT2D eigenvalue weighted by Gasteiger charge is -2.32. The number of ether oxygens (including phenoxy) is 5. The van der Waals surface area contributed by atoms with Crippen LogP contribution in [0.5, 0.6) is 17.2 Å². The molecule has 0 saturated carbocycles. The van der Waals surface area contributed by atoms with E-state index in [2.05, 4.69) is 9.80 Å². The van der Waals surface area contributed by atoms with Crippen LogP contribution in [0.2, 0.25) is 0 Å². The number of fused-ring (bicyclic) bond motifs is 2. The van der Waals surface area contributed by atoms with Gasteiger partial charge in [0.05, 0.1) is 13.2 Å². The summed E-state index contributed by atoms with van der Waals surface area (Å²) < 4.78 is 40.9. The molecule has 6 rings (SSSR count). The summed E-state index contributed by atoms with van der Waals surface area (Å²) >= 11 is 0. The van der Waals surface area contributed by atoms with Crippen molar-refractivity contribution in [2.45, 2.75) is 65.0 Å². The number of rotatable bonds is 12. The molecule has 260 valence electrons. The van der Waals surface area contributed by atoms with E-state index in [1.165, 1.54) is 12.1 Å². The van der Waals surface area contributed by atoms with E-state index >= 15 is 0 Å². The molecule has 0 bridgehead atoms. The fourth-order valence-electron chi connectivity index (χ4n) is 6.62. The molecule has 10 nitrogen and oxygen atoms in total. The molecule has 0 aliphatic carbocycles. The number of carbonyl (C=O) groups is 3. The largest absolute Gasteiger partial charge is 0.492 e. The number of halogens is 1. The van der Waals surface area contributed by atoms with Crippen molar-refractivity contribution in [1.82, 2.24) is 9.80 Å². The van der Waals surface area contributed by atoms with E-state index in [9.17, 15) is 18.8 Å². The molecule has 3 aromatic carbocycles. The normalized spacial score (nSPS) is 17.4. The van der Waals surface area contributed by atoms with Crippen LogP contribution in [0.25, 0.3) is 0 Å². The van der Waals surface area contributed by atoms with Gasteiger partial charge in [0.2, 0.25) is 0 Å². The number of hydrogen-bond donors (Lipinski definition) is 0. The first-order chi connectivity index (χ1) is 23.8. The first-order valence-corrected chi connectivity index (χ1v) is 17.1. The number of carbonyl (C=O) groups excluding carboxylic acids is 3. The van der Waals surface area contributed by atoms with Crippen molar-refractivity contribution in [3.63, 3.8) is 0 Å². The third-order valence-electron chi connectivity index (χ3n) is 9.26. The molecule has 3 aromatic rings. The second kappa shape index (κ2) is 15.4. The average molecular weight is 675 g/mol. The Balaban J connectivity index is 0.986. The summed E-state index contributed by atoms with van der Waals surface area (Å²) in [6.45, 7) is 8.48. The van der Waals surface area contributed by atoms with Crippen molar-refractivity contribution in [2.75, 3.05) is 39.5 Å². The van der Waals surface area contributed by atoms with Crippen LogP contribution in [0.1, 0.15) is 66.6 Å². The van der Waals surface area contributed by atoms with Gasteiger partial charge in [-0.25, -0.2) is 14.0 Å². The van der Waals surface area contributed by atoms with Crippen LogP contribution >= 0.6 is 0 Å². The van der Waals surface area contributed by atoms with Crippen LogP contribution in [-0.4, -0.2) is 72.8 Å². The summed E-state index contributed by atoms with van der Waals surface area (Å²) in [6, 6.07) is 17.7. The molecule has 3 heterocycles. The summed E-state index contributed by atoms with van der Waals surface area (Å²) in [5.74, 6) is -2.48. The average Bonchev–Trinajstić information content (AvgIpc) is 3.38. The molecule has 0 unspecified atom stereocenters. The van der Waals surface area contributed by atoms with Gasteiger partial charge in [0.15, 0.2) is 17.3 Å². The zero-order valence-corrected chi connectivity index (χ0v) is 28.1. The fraction of sp³-hybridized carbons (Fsp3) is 0.447. The molecular weight excluding hydrogens is 631 g/mol. The minimum atomic E-state index is -2.31. The quantitative estimate of drug-likeness (QED) is 0.135. The van der Waals surface area contributed by atoms with Gasteiger partial charge in [-0.1, -0.05) is 18.2 Å². The molecule has 0 radical (unpaired) electrons. The van der Waals surface area contributed by atoms with Crippen molar-refractivity contribution in [3.05, 3.63) is 88.7 Å². The third-order valence-corrected chi connectivity index (χ3v) is 9.26. The summed E-state index contributed by atoms with van der Waals surface area (Å²) in [5.41, 5.74) is 3.70. The summed E-state index contributed by atoms with van der Waals surface area (Å²) in [5, 5.41) is 0. The van der Waals surface area contributed by atoms with E-state index in [0.717, 1.165) is 61.3 Å². The van der Waals surface area contributed by atoms with Crippen molar-refractivity contribution in [2.24, 2.45) is 5.92 Å². The lowest BCUT2D eigenvalue weighted by molar-refractivity contribution is -0.202. The molecule has 0 aromatic heterocycles. The van der Waals surface area contributed by atoms with Gasteiger partial charge in [-0.15, -0.1) is 0 Å². The number of benzene rings is 3. The standard InChI is InChI=1S/C38H43FN2O8/c1-3-45-36(43)38(37(44)46-4-2)48-34-13-8-28(21-35(34)49-38)24-40-17-15-26(16-18-40)7-12-32(42)29-9-14-33-30(22-29)25-41(19-20-47-33)23-27-5-10-31(39)11-6-27/h5-6,8-11,13-14,21-22,26H,3-4,7,12,15-20,23-25H2,1-2H3. The highest BCUT2D eigenvalue weighted by atomic mass is 19.1. The molecular formula is C38H43FN2O8. The van der Waals surface area contributed by atoms with Crippen LogP contribution in [0, 0.1) is 11.7 Å². The number of likely N-dealkylation sites (tertiary alicyclic amines) is 1. The lowest BCUT2D eigenvalue weighted by Crippen LogP contribution is -2.55. The van der Waals surface area contributed by atoms with Gasteiger partial charge >= 0.3 is 17.7 Å². The maximum atomic E-state index is 13.4. The monoisotopic (exact) mass is 674 g/mol. The second-order valence-corrected chi connectivity index (χ2v) is 12.7. The van der Waals surface area contributed by atoms with E-state index in [1.54, 1.807) is 38.1 Å². The zero-order valence-electron chi connectivity index (χ0n) is 28.1. The van der Waals surface area contributed by atoms with Crippen LogP contribution in [0.3, 0.4) is 0 Å². The van der Waals surface area contributed by atoms with Crippen molar-refractivity contribution < 1.29 is 42.5 Å². The van der Waals surface area contributed by atoms with Crippen LogP contribution in [0.15, 0.2) is 60.7 Å². The molecule has 0 spiro atoms. The molecule has 0 atom stereocenters. The molecule has 3 aliphatic heterocycles. The molecule has 0 N–H and O–H groups in total.